The van der Waals surface area contributed by atoms with Crippen molar-refractivity contribution in [3.8, 4) is 0 Å². The second-order valence-corrected chi connectivity index (χ2v) is 4.44. The van der Waals surface area contributed by atoms with Crippen LogP contribution >= 0.6 is 35.7 Å². The van der Waals surface area contributed by atoms with E-state index in [9.17, 15) is 4.79 Å². The van der Waals surface area contributed by atoms with Crippen molar-refractivity contribution in [3.05, 3.63) is 0 Å². The van der Waals surface area contributed by atoms with Crippen LogP contribution in [-0.2, 0) is 9.53 Å². The second-order valence-electron chi connectivity index (χ2n) is 3.45. The van der Waals surface area contributed by atoms with E-state index in [2.05, 4.69) is 26.6 Å². The van der Waals surface area contributed by atoms with Crippen LogP contribution in [0.15, 0.2) is 4.99 Å². The number of rotatable bonds is 8. The van der Waals surface area contributed by atoms with Gasteiger partial charge in [0.2, 0.25) is 0 Å². The minimum Gasteiger partial charge on any atom is -0.469 e. The first kappa shape index (κ1) is 20.1. The number of guanidine groups is 1. The normalized spacial score (nSPS) is 10.5. The molecule has 0 spiro atoms. The number of hydrogen-bond acceptors (Lipinski definition) is 4. The number of methoxy groups -OCH3 is 1. The lowest BCUT2D eigenvalue weighted by molar-refractivity contribution is -0.140. The molecule has 0 aliphatic carbocycles. The zero-order valence-corrected chi connectivity index (χ0v) is 14.5. The fourth-order valence-corrected chi connectivity index (χ4v) is 1.68. The summed E-state index contributed by atoms with van der Waals surface area (Å²) in [4.78, 5) is 15.0. The molecule has 0 aliphatic rings. The highest BCUT2D eigenvalue weighted by Crippen LogP contribution is 1.97. The molecule has 0 unspecified atom stereocenters. The summed E-state index contributed by atoms with van der Waals surface area (Å²) in [6.45, 7) is 1.44. The van der Waals surface area contributed by atoms with E-state index in [1.807, 2.05) is 11.8 Å². The Labute approximate surface area is 131 Å². The maximum Gasteiger partial charge on any atom is 0.307 e. The molecule has 0 aromatic rings. The van der Waals surface area contributed by atoms with Crippen molar-refractivity contribution in [1.82, 2.24) is 10.6 Å². The molecule has 0 aromatic carbocycles. The summed E-state index contributed by atoms with van der Waals surface area (Å²) in [5, 5.41) is 6.26. The summed E-state index contributed by atoms with van der Waals surface area (Å²) in [7, 11) is 3.11. The highest BCUT2D eigenvalue weighted by atomic mass is 127. The molecule has 0 aliphatic heterocycles. The second kappa shape index (κ2) is 14.9. The van der Waals surface area contributed by atoms with E-state index in [1.165, 1.54) is 19.3 Å². The number of ether oxygens (including phenoxy) is 1. The summed E-state index contributed by atoms with van der Waals surface area (Å²) in [6.07, 6.45) is 4.79. The van der Waals surface area contributed by atoms with Gasteiger partial charge in [-0.1, -0.05) is 0 Å². The minimum atomic E-state index is -0.215. The van der Waals surface area contributed by atoms with Gasteiger partial charge in [0.05, 0.1) is 13.5 Å². The molecule has 0 bridgehead atoms. The molecule has 5 nitrogen and oxygen atoms in total. The Bertz CT molecular complexity index is 240. The van der Waals surface area contributed by atoms with Gasteiger partial charge in [-0.05, 0) is 24.9 Å². The van der Waals surface area contributed by atoms with Gasteiger partial charge in [0.25, 0.3) is 0 Å². The third kappa shape index (κ3) is 12.3. The Hall–Kier alpha value is -0.180. The highest BCUT2D eigenvalue weighted by molar-refractivity contribution is 14.0. The van der Waals surface area contributed by atoms with Crippen molar-refractivity contribution in [2.24, 2.45) is 4.99 Å². The van der Waals surface area contributed by atoms with Crippen molar-refractivity contribution in [1.29, 1.82) is 0 Å². The Morgan fingerprint density at radius 3 is 2.50 bits per heavy atom. The van der Waals surface area contributed by atoms with E-state index in [0.29, 0.717) is 13.0 Å². The molecule has 108 valence electrons. The van der Waals surface area contributed by atoms with Gasteiger partial charge < -0.3 is 15.4 Å². The average molecular weight is 389 g/mol. The van der Waals surface area contributed by atoms with Gasteiger partial charge in [0.15, 0.2) is 5.96 Å². The standard InChI is InChI=1S/C11H23N3O2S.HI/c1-12-11(13-7-4-5-9-17-3)14-8-6-10(15)16-2;/h4-9H2,1-3H3,(H2,12,13,14);1H. The van der Waals surface area contributed by atoms with E-state index in [-0.39, 0.29) is 29.9 Å². The van der Waals surface area contributed by atoms with Crippen LogP contribution in [0.25, 0.3) is 0 Å². The first-order valence-electron chi connectivity index (χ1n) is 5.74. The minimum absolute atomic E-state index is 0. The lowest BCUT2D eigenvalue weighted by Gasteiger charge is -2.11. The van der Waals surface area contributed by atoms with Crippen molar-refractivity contribution in [2.45, 2.75) is 19.3 Å². The monoisotopic (exact) mass is 389 g/mol. The SMILES string of the molecule is CN=C(NCCCCSC)NCCC(=O)OC.I. The first-order valence-corrected chi connectivity index (χ1v) is 7.14. The van der Waals surface area contributed by atoms with Crippen molar-refractivity contribution >= 4 is 47.7 Å². The molecule has 0 amide bonds. The summed E-state index contributed by atoms with van der Waals surface area (Å²) >= 11 is 1.86. The molecule has 0 fully saturated rings. The van der Waals surface area contributed by atoms with Gasteiger partial charge in [0, 0.05) is 20.1 Å². The van der Waals surface area contributed by atoms with Gasteiger partial charge in [-0.2, -0.15) is 11.8 Å². The van der Waals surface area contributed by atoms with E-state index >= 15 is 0 Å². The van der Waals surface area contributed by atoms with Gasteiger partial charge in [-0.3, -0.25) is 9.79 Å². The molecule has 0 radical (unpaired) electrons. The number of aliphatic imine (C=N–C) groups is 1. The van der Waals surface area contributed by atoms with Crippen LogP contribution in [-0.4, -0.2) is 51.2 Å². The lowest BCUT2D eigenvalue weighted by Crippen LogP contribution is -2.38. The fourth-order valence-electron chi connectivity index (χ4n) is 1.18. The predicted molar refractivity (Wildman–Crippen MR) is 89.0 cm³/mol. The summed E-state index contributed by atoms with van der Waals surface area (Å²) in [5.74, 6) is 1.71. The van der Waals surface area contributed by atoms with Crippen LogP contribution in [0.2, 0.25) is 0 Å². The molecular weight excluding hydrogens is 365 g/mol. The van der Waals surface area contributed by atoms with Gasteiger partial charge in [-0.25, -0.2) is 0 Å². The number of nitrogens with one attached hydrogen (secondary N) is 2. The van der Waals surface area contributed by atoms with Crippen molar-refractivity contribution < 1.29 is 9.53 Å². The number of unbranched alkanes of at least 4 members (excludes halogenated alkanes) is 1. The quantitative estimate of drug-likeness (QED) is 0.217. The molecule has 2 N–H and O–H groups in total. The van der Waals surface area contributed by atoms with Crippen LogP contribution < -0.4 is 10.6 Å². The molecule has 0 aromatic heterocycles. The number of hydrogen-bond donors (Lipinski definition) is 2. The smallest absolute Gasteiger partial charge is 0.307 e. The molecule has 7 heteroatoms. The zero-order chi connectivity index (χ0) is 12.9. The van der Waals surface area contributed by atoms with E-state index < -0.39 is 0 Å². The summed E-state index contributed by atoms with van der Waals surface area (Å²) in [6, 6.07) is 0. The molecule has 0 atom stereocenters. The molecule has 18 heavy (non-hydrogen) atoms. The fraction of sp³-hybridized carbons (Fsp3) is 0.818. The van der Waals surface area contributed by atoms with E-state index in [0.717, 1.165) is 18.9 Å². The molecule has 0 saturated carbocycles. The number of carbonyl (C=O) groups excluding carboxylic acids is 1. The van der Waals surface area contributed by atoms with Gasteiger partial charge in [0.1, 0.15) is 0 Å². The van der Waals surface area contributed by atoms with E-state index in [1.54, 1.807) is 7.05 Å². The van der Waals surface area contributed by atoms with Crippen LogP contribution in [0.1, 0.15) is 19.3 Å². The van der Waals surface area contributed by atoms with Crippen molar-refractivity contribution in [2.75, 3.05) is 39.3 Å². The number of esters is 1. The Kier molecular flexibility index (Phi) is 16.7. The summed E-state index contributed by atoms with van der Waals surface area (Å²) < 4.78 is 4.55. The van der Waals surface area contributed by atoms with Crippen LogP contribution in [0.5, 0.6) is 0 Å². The van der Waals surface area contributed by atoms with Gasteiger partial charge in [-0.15, -0.1) is 24.0 Å². The van der Waals surface area contributed by atoms with Gasteiger partial charge >= 0.3 is 5.97 Å². The molecule has 0 heterocycles. The molecular formula is C11H24IN3O2S. The molecule has 0 saturated heterocycles. The topological polar surface area (TPSA) is 62.7 Å². The van der Waals surface area contributed by atoms with Crippen LogP contribution in [0.4, 0.5) is 0 Å². The average Bonchev–Trinajstić information content (AvgIpc) is 2.36. The maximum atomic E-state index is 10.9. The maximum absolute atomic E-state index is 10.9. The Morgan fingerprint density at radius 1 is 1.28 bits per heavy atom. The van der Waals surface area contributed by atoms with Crippen molar-refractivity contribution in [3.63, 3.8) is 0 Å². The number of thioether (sulfide) groups is 1. The number of nitrogens with zero attached hydrogens (tertiary/aromatic N) is 1. The number of carbonyl (C=O) groups is 1. The van der Waals surface area contributed by atoms with Crippen LogP contribution in [0.3, 0.4) is 0 Å². The van der Waals surface area contributed by atoms with E-state index in [4.69, 9.17) is 0 Å². The zero-order valence-electron chi connectivity index (χ0n) is 11.3. The largest absolute Gasteiger partial charge is 0.469 e. The third-order valence-electron chi connectivity index (χ3n) is 2.14. The predicted octanol–water partition coefficient (Wildman–Crippen LogP) is 1.48. The van der Waals surface area contributed by atoms with Crippen LogP contribution in [0, 0.1) is 0 Å². The third-order valence-corrected chi connectivity index (χ3v) is 2.84. The lowest BCUT2D eigenvalue weighted by atomic mass is 10.3. The Morgan fingerprint density at radius 2 is 1.94 bits per heavy atom. The highest BCUT2D eigenvalue weighted by Gasteiger charge is 2.01. The first-order chi connectivity index (χ1) is 8.24. The molecule has 0 rings (SSSR count). The number of halogens is 1. The Balaban J connectivity index is 0. The summed E-state index contributed by atoms with van der Waals surface area (Å²) in [5.41, 5.74) is 0.